The van der Waals surface area contributed by atoms with E-state index in [9.17, 15) is 4.39 Å². The van der Waals surface area contributed by atoms with Crippen LogP contribution in [-0.2, 0) is 0 Å². The fourth-order valence-electron chi connectivity index (χ4n) is 2.52. The Hall–Kier alpha value is -0.410. The molecular formula is C13H17BrFN. The number of rotatable bonds is 1. The lowest BCUT2D eigenvalue weighted by molar-refractivity contribution is 0.505. The molecule has 0 aliphatic heterocycles. The Balaban J connectivity index is 2.24. The van der Waals surface area contributed by atoms with Crippen LogP contribution in [-0.4, -0.2) is 6.04 Å². The number of halogens is 2. The fourth-order valence-corrected chi connectivity index (χ4v) is 2.90. The summed E-state index contributed by atoms with van der Waals surface area (Å²) in [6, 6.07) is 5.77. The van der Waals surface area contributed by atoms with Gasteiger partial charge in [-0.3, -0.25) is 0 Å². The van der Waals surface area contributed by atoms with Crippen LogP contribution in [0.1, 0.15) is 43.6 Å². The molecule has 0 bridgehead atoms. The zero-order chi connectivity index (χ0) is 11.5. The molecule has 1 saturated carbocycles. The van der Waals surface area contributed by atoms with Gasteiger partial charge in [0.05, 0.1) is 4.47 Å². The zero-order valence-corrected chi connectivity index (χ0v) is 10.8. The second-order valence-electron chi connectivity index (χ2n) is 4.62. The van der Waals surface area contributed by atoms with E-state index in [-0.39, 0.29) is 17.8 Å². The zero-order valence-electron chi connectivity index (χ0n) is 9.26. The predicted molar refractivity (Wildman–Crippen MR) is 67.9 cm³/mol. The Kier molecular flexibility index (Phi) is 3.98. The number of nitrogens with two attached hydrogens (primary N) is 1. The van der Waals surface area contributed by atoms with E-state index in [1.807, 2.05) is 12.1 Å². The second-order valence-corrected chi connectivity index (χ2v) is 5.47. The summed E-state index contributed by atoms with van der Waals surface area (Å²) in [6.07, 6.45) is 5.37. The molecule has 1 aromatic carbocycles. The third-order valence-electron chi connectivity index (χ3n) is 3.39. The van der Waals surface area contributed by atoms with E-state index >= 15 is 0 Å². The van der Waals surface area contributed by atoms with Crippen molar-refractivity contribution in [3.05, 3.63) is 34.1 Å². The normalized spacial score (nSPS) is 26.4. The first-order valence-corrected chi connectivity index (χ1v) is 6.67. The van der Waals surface area contributed by atoms with E-state index in [1.54, 1.807) is 6.07 Å². The van der Waals surface area contributed by atoms with Crippen LogP contribution in [0.25, 0.3) is 0 Å². The van der Waals surface area contributed by atoms with Gasteiger partial charge in [0.25, 0.3) is 0 Å². The molecule has 0 amide bonds. The largest absolute Gasteiger partial charge is 0.328 e. The number of hydrogen-bond acceptors (Lipinski definition) is 1. The molecule has 2 rings (SSSR count). The number of hydrogen-bond donors (Lipinski definition) is 1. The summed E-state index contributed by atoms with van der Waals surface area (Å²) in [4.78, 5) is 0. The van der Waals surface area contributed by atoms with Crippen LogP contribution >= 0.6 is 15.9 Å². The van der Waals surface area contributed by atoms with E-state index in [0.717, 1.165) is 31.2 Å². The summed E-state index contributed by atoms with van der Waals surface area (Å²) < 4.78 is 14.5. The monoisotopic (exact) mass is 285 g/mol. The van der Waals surface area contributed by atoms with Gasteiger partial charge in [0, 0.05) is 6.04 Å². The van der Waals surface area contributed by atoms with Gasteiger partial charge in [0.1, 0.15) is 5.82 Å². The molecule has 0 spiro atoms. The first-order chi connectivity index (χ1) is 7.68. The van der Waals surface area contributed by atoms with Crippen molar-refractivity contribution in [1.82, 2.24) is 0 Å². The lowest BCUT2D eigenvalue weighted by Crippen LogP contribution is -2.21. The summed E-state index contributed by atoms with van der Waals surface area (Å²) >= 11 is 3.24. The van der Waals surface area contributed by atoms with E-state index in [1.165, 1.54) is 6.42 Å². The molecule has 1 aliphatic carbocycles. The van der Waals surface area contributed by atoms with Crippen LogP contribution in [0.2, 0.25) is 0 Å². The molecular weight excluding hydrogens is 269 g/mol. The minimum absolute atomic E-state index is 0.110. The molecule has 1 aromatic rings. The van der Waals surface area contributed by atoms with E-state index in [2.05, 4.69) is 15.9 Å². The highest BCUT2D eigenvalue weighted by Gasteiger charge is 2.22. The molecule has 0 heterocycles. The highest BCUT2D eigenvalue weighted by Crippen LogP contribution is 2.34. The summed E-state index contributed by atoms with van der Waals surface area (Å²) in [6.45, 7) is 0. The van der Waals surface area contributed by atoms with Crippen LogP contribution in [0.3, 0.4) is 0 Å². The Bertz CT molecular complexity index is 367. The molecule has 2 N–H and O–H groups in total. The van der Waals surface area contributed by atoms with Crippen LogP contribution in [0, 0.1) is 5.82 Å². The SMILES string of the molecule is NC1CCCCC(c2cccc(Br)c2F)C1. The first kappa shape index (κ1) is 12.1. The van der Waals surface area contributed by atoms with Crippen molar-refractivity contribution in [2.45, 2.75) is 44.1 Å². The molecule has 0 radical (unpaired) electrons. The lowest BCUT2D eigenvalue weighted by Gasteiger charge is -2.18. The Labute approximate surface area is 104 Å². The van der Waals surface area contributed by atoms with Crippen molar-refractivity contribution in [2.75, 3.05) is 0 Å². The first-order valence-electron chi connectivity index (χ1n) is 5.88. The van der Waals surface area contributed by atoms with Crippen LogP contribution < -0.4 is 5.73 Å². The highest BCUT2D eigenvalue weighted by atomic mass is 79.9. The number of benzene rings is 1. The standard InChI is InChI=1S/C13H17BrFN/c14-12-7-3-6-11(13(12)15)9-4-1-2-5-10(16)8-9/h3,6-7,9-10H,1-2,4-5,8,16H2. The van der Waals surface area contributed by atoms with Gasteiger partial charge in [0.15, 0.2) is 0 Å². The predicted octanol–water partition coefficient (Wildman–Crippen LogP) is 3.96. The Morgan fingerprint density at radius 2 is 2.00 bits per heavy atom. The van der Waals surface area contributed by atoms with Crippen molar-refractivity contribution in [1.29, 1.82) is 0 Å². The van der Waals surface area contributed by atoms with Crippen molar-refractivity contribution in [2.24, 2.45) is 5.73 Å². The van der Waals surface area contributed by atoms with Gasteiger partial charge < -0.3 is 5.73 Å². The van der Waals surface area contributed by atoms with Gasteiger partial charge in [-0.15, -0.1) is 0 Å². The lowest BCUT2D eigenvalue weighted by atomic mass is 9.90. The summed E-state index contributed by atoms with van der Waals surface area (Å²) in [5, 5.41) is 0. The molecule has 88 valence electrons. The molecule has 16 heavy (non-hydrogen) atoms. The van der Waals surface area contributed by atoms with Crippen molar-refractivity contribution in [3.8, 4) is 0 Å². The minimum atomic E-state index is -0.110. The maximum Gasteiger partial charge on any atom is 0.140 e. The molecule has 0 aromatic heterocycles. The maximum atomic E-state index is 14.0. The van der Waals surface area contributed by atoms with Crippen molar-refractivity contribution < 1.29 is 4.39 Å². The summed E-state index contributed by atoms with van der Waals surface area (Å²) in [5.74, 6) is 0.177. The topological polar surface area (TPSA) is 26.0 Å². The average Bonchev–Trinajstić information content (AvgIpc) is 2.47. The maximum absolute atomic E-state index is 14.0. The van der Waals surface area contributed by atoms with Crippen LogP contribution in [0.15, 0.2) is 22.7 Å². The third-order valence-corrected chi connectivity index (χ3v) is 4.00. The molecule has 2 unspecified atom stereocenters. The Morgan fingerprint density at radius 1 is 1.25 bits per heavy atom. The van der Waals surface area contributed by atoms with E-state index in [4.69, 9.17) is 5.73 Å². The van der Waals surface area contributed by atoms with Gasteiger partial charge in [-0.05, 0) is 52.7 Å². The quantitative estimate of drug-likeness (QED) is 0.777. The van der Waals surface area contributed by atoms with Gasteiger partial charge in [0.2, 0.25) is 0 Å². The highest BCUT2D eigenvalue weighted by molar-refractivity contribution is 9.10. The Morgan fingerprint density at radius 3 is 2.81 bits per heavy atom. The van der Waals surface area contributed by atoms with Gasteiger partial charge >= 0.3 is 0 Å². The molecule has 1 fully saturated rings. The van der Waals surface area contributed by atoms with E-state index < -0.39 is 0 Å². The third kappa shape index (κ3) is 2.64. The van der Waals surface area contributed by atoms with Crippen molar-refractivity contribution >= 4 is 15.9 Å². The van der Waals surface area contributed by atoms with Gasteiger partial charge in [-0.1, -0.05) is 25.0 Å². The smallest absolute Gasteiger partial charge is 0.140 e. The second kappa shape index (κ2) is 5.28. The van der Waals surface area contributed by atoms with Gasteiger partial charge in [-0.25, -0.2) is 4.39 Å². The minimum Gasteiger partial charge on any atom is -0.328 e. The van der Waals surface area contributed by atoms with Gasteiger partial charge in [-0.2, -0.15) is 0 Å². The van der Waals surface area contributed by atoms with Crippen LogP contribution in [0.4, 0.5) is 4.39 Å². The van der Waals surface area contributed by atoms with E-state index in [0.29, 0.717) is 4.47 Å². The van der Waals surface area contributed by atoms with Crippen LogP contribution in [0.5, 0.6) is 0 Å². The molecule has 3 heteroatoms. The average molecular weight is 286 g/mol. The molecule has 0 saturated heterocycles. The molecule has 2 atom stereocenters. The fraction of sp³-hybridized carbons (Fsp3) is 0.538. The molecule has 1 aliphatic rings. The summed E-state index contributed by atoms with van der Waals surface area (Å²) in [5.41, 5.74) is 6.84. The summed E-state index contributed by atoms with van der Waals surface area (Å²) in [7, 11) is 0. The molecule has 1 nitrogen and oxygen atoms in total. The van der Waals surface area contributed by atoms with Crippen molar-refractivity contribution in [3.63, 3.8) is 0 Å².